The Kier molecular flexibility index (Phi) is 8.83. The second-order valence-corrected chi connectivity index (χ2v) is 16.1. The molecule has 12 aromatic rings. The Morgan fingerprint density at radius 1 is 0.302 bits per heavy atom. The molecule has 10 aromatic carbocycles. The monoisotopic (exact) mass is 804 g/mol. The van der Waals surface area contributed by atoms with E-state index < -0.39 is 0 Å². The predicted molar refractivity (Wildman–Crippen MR) is 264 cm³/mol. The highest BCUT2D eigenvalue weighted by Crippen LogP contribution is 2.43. The highest BCUT2D eigenvalue weighted by Gasteiger charge is 2.20. The minimum atomic E-state index is 0.861. The first-order valence-electron chi connectivity index (χ1n) is 21.5. The van der Waals surface area contributed by atoms with Crippen molar-refractivity contribution in [3.63, 3.8) is 0 Å². The van der Waals surface area contributed by atoms with Gasteiger partial charge in [0.15, 0.2) is 5.58 Å². The van der Waals surface area contributed by atoms with E-state index in [0.29, 0.717) is 0 Å². The van der Waals surface area contributed by atoms with Crippen LogP contribution in [-0.4, -0.2) is 4.57 Å². The van der Waals surface area contributed by atoms with E-state index in [1.54, 1.807) is 0 Å². The van der Waals surface area contributed by atoms with Crippen molar-refractivity contribution in [1.82, 2.24) is 4.57 Å². The number of nitrogens with zero attached hydrogens (tertiary/aromatic N) is 2. The Bertz CT molecular complexity index is 3530. The molecule has 0 fully saturated rings. The summed E-state index contributed by atoms with van der Waals surface area (Å²) in [6, 6.07) is 86.9. The Balaban J connectivity index is 0.894. The van der Waals surface area contributed by atoms with Gasteiger partial charge in [-0.2, -0.15) is 0 Å². The largest absolute Gasteiger partial charge is 0.454 e. The number of rotatable bonds is 8. The van der Waals surface area contributed by atoms with Crippen LogP contribution in [0.15, 0.2) is 247 Å². The van der Waals surface area contributed by atoms with E-state index in [0.717, 1.165) is 55.7 Å². The van der Waals surface area contributed by atoms with Crippen LogP contribution < -0.4 is 4.90 Å². The molecule has 12 rings (SSSR count). The molecule has 0 aliphatic heterocycles. The molecule has 2 aromatic heterocycles. The zero-order valence-corrected chi connectivity index (χ0v) is 34.4. The topological polar surface area (TPSA) is 21.3 Å². The van der Waals surface area contributed by atoms with Crippen molar-refractivity contribution in [1.29, 1.82) is 0 Å². The zero-order valence-electron chi connectivity index (χ0n) is 34.4. The normalized spacial score (nSPS) is 11.5. The van der Waals surface area contributed by atoms with Gasteiger partial charge in [-0.05, 0) is 93.5 Å². The van der Waals surface area contributed by atoms with Crippen molar-refractivity contribution in [3.8, 4) is 50.2 Å². The molecule has 0 bridgehead atoms. The zero-order chi connectivity index (χ0) is 41.7. The molecule has 3 nitrogen and oxygen atoms in total. The molecule has 296 valence electrons. The molecule has 0 unspecified atom stereocenters. The third-order valence-corrected chi connectivity index (χ3v) is 12.5. The third-order valence-electron chi connectivity index (χ3n) is 12.5. The van der Waals surface area contributed by atoms with Gasteiger partial charge < -0.3 is 13.9 Å². The van der Waals surface area contributed by atoms with E-state index >= 15 is 0 Å². The number of hydrogen-bond donors (Lipinski definition) is 0. The van der Waals surface area contributed by atoms with Gasteiger partial charge in [0.1, 0.15) is 5.58 Å². The van der Waals surface area contributed by atoms with Crippen LogP contribution in [0.25, 0.3) is 93.9 Å². The number of hydrogen-bond acceptors (Lipinski definition) is 2. The third kappa shape index (κ3) is 6.38. The summed E-state index contributed by atoms with van der Waals surface area (Å²) >= 11 is 0. The van der Waals surface area contributed by atoms with E-state index in [1.165, 1.54) is 55.3 Å². The maximum atomic E-state index is 6.62. The van der Waals surface area contributed by atoms with Crippen molar-refractivity contribution < 1.29 is 4.42 Å². The maximum Gasteiger partial charge on any atom is 0.159 e. The van der Waals surface area contributed by atoms with E-state index in [2.05, 4.69) is 240 Å². The van der Waals surface area contributed by atoms with Gasteiger partial charge in [-0.25, -0.2) is 0 Å². The van der Waals surface area contributed by atoms with Crippen LogP contribution in [-0.2, 0) is 0 Å². The first-order valence-corrected chi connectivity index (χ1v) is 21.5. The highest BCUT2D eigenvalue weighted by atomic mass is 16.3. The standard InChI is InChI=1S/C60H40N2O/c1-2-13-41(14-3-1)42-25-27-43(28-26-42)45-33-37-48(38-34-45)61(58-23-12-19-54-53-18-7-11-24-59(53)63-60(54)58)49-39-35-46(36-40-49)44-29-31-47(32-30-44)50-15-4-8-20-55(50)62-56-21-9-5-16-51(56)52-17-6-10-22-57(52)62/h1-40H. The summed E-state index contributed by atoms with van der Waals surface area (Å²) < 4.78 is 9.02. The Labute approximate surface area is 366 Å². The van der Waals surface area contributed by atoms with Crippen molar-refractivity contribution in [2.45, 2.75) is 0 Å². The van der Waals surface area contributed by atoms with Crippen LogP contribution in [0.4, 0.5) is 17.1 Å². The molecule has 0 spiro atoms. The lowest BCUT2D eigenvalue weighted by Gasteiger charge is -2.26. The average Bonchev–Trinajstić information content (AvgIpc) is 3.91. The number of fused-ring (bicyclic) bond motifs is 6. The minimum absolute atomic E-state index is 0.861. The number of aromatic nitrogens is 1. The van der Waals surface area contributed by atoms with Gasteiger partial charge in [0.25, 0.3) is 0 Å². The maximum absolute atomic E-state index is 6.62. The second kappa shape index (κ2) is 15.3. The number of benzene rings is 10. The summed E-state index contributed by atoms with van der Waals surface area (Å²) in [5.74, 6) is 0. The van der Waals surface area contributed by atoms with Crippen molar-refractivity contribution in [3.05, 3.63) is 243 Å². The van der Waals surface area contributed by atoms with E-state index in [1.807, 2.05) is 12.1 Å². The molecular weight excluding hydrogens is 765 g/mol. The van der Waals surface area contributed by atoms with Crippen LogP contribution in [0.1, 0.15) is 0 Å². The van der Waals surface area contributed by atoms with Gasteiger partial charge in [0.05, 0.1) is 22.4 Å². The van der Waals surface area contributed by atoms with Crippen LogP contribution in [0, 0.1) is 0 Å². The van der Waals surface area contributed by atoms with Gasteiger partial charge in [0, 0.05) is 38.5 Å². The second-order valence-electron chi connectivity index (χ2n) is 16.1. The molecule has 0 aliphatic carbocycles. The summed E-state index contributed by atoms with van der Waals surface area (Å²) in [4.78, 5) is 2.31. The Morgan fingerprint density at radius 2 is 0.730 bits per heavy atom. The summed E-state index contributed by atoms with van der Waals surface area (Å²) in [7, 11) is 0. The molecule has 3 heteroatoms. The van der Waals surface area contributed by atoms with Crippen LogP contribution in [0.5, 0.6) is 0 Å². The quantitative estimate of drug-likeness (QED) is 0.153. The fourth-order valence-corrected chi connectivity index (χ4v) is 9.36. The van der Waals surface area contributed by atoms with Gasteiger partial charge in [0.2, 0.25) is 0 Å². The van der Waals surface area contributed by atoms with Crippen LogP contribution in [0.2, 0.25) is 0 Å². The minimum Gasteiger partial charge on any atom is -0.454 e. The first-order chi connectivity index (χ1) is 31.2. The molecule has 0 amide bonds. The fraction of sp³-hybridized carbons (Fsp3) is 0. The Hall–Kier alpha value is -8.40. The molecule has 0 radical (unpaired) electrons. The van der Waals surface area contributed by atoms with E-state index in [9.17, 15) is 0 Å². The van der Waals surface area contributed by atoms with Gasteiger partial charge in [-0.15, -0.1) is 0 Å². The molecule has 0 saturated heterocycles. The van der Waals surface area contributed by atoms with E-state index in [-0.39, 0.29) is 0 Å². The molecule has 2 heterocycles. The molecule has 0 atom stereocenters. The molecule has 0 N–H and O–H groups in total. The van der Waals surface area contributed by atoms with Gasteiger partial charge in [-0.3, -0.25) is 0 Å². The number of para-hydroxylation sites is 5. The number of furan rings is 1. The van der Waals surface area contributed by atoms with Crippen LogP contribution >= 0.6 is 0 Å². The van der Waals surface area contributed by atoms with Gasteiger partial charge in [-0.1, -0.05) is 188 Å². The average molecular weight is 805 g/mol. The Morgan fingerprint density at radius 3 is 1.32 bits per heavy atom. The lowest BCUT2D eigenvalue weighted by molar-refractivity contribution is 0.669. The predicted octanol–water partition coefficient (Wildman–Crippen LogP) is 16.8. The van der Waals surface area contributed by atoms with Crippen molar-refractivity contribution >= 4 is 60.8 Å². The highest BCUT2D eigenvalue weighted by molar-refractivity contribution is 6.11. The first kappa shape index (κ1) is 36.5. The molecule has 0 saturated carbocycles. The van der Waals surface area contributed by atoms with Crippen LogP contribution in [0.3, 0.4) is 0 Å². The fourth-order valence-electron chi connectivity index (χ4n) is 9.36. The lowest BCUT2D eigenvalue weighted by Crippen LogP contribution is -2.10. The SMILES string of the molecule is c1ccc(-c2ccc(-c3ccc(N(c4ccc(-c5ccc(-c6ccccc6-n6c7ccccc7c7ccccc76)cc5)cc4)c4cccc5c4oc4ccccc45)cc3)cc2)cc1. The molecule has 0 aliphatic rings. The molecule has 63 heavy (non-hydrogen) atoms. The lowest BCUT2D eigenvalue weighted by atomic mass is 9.98. The summed E-state index contributed by atoms with van der Waals surface area (Å²) in [5, 5.41) is 4.73. The van der Waals surface area contributed by atoms with Gasteiger partial charge >= 0.3 is 0 Å². The molecular formula is C60H40N2O. The summed E-state index contributed by atoms with van der Waals surface area (Å²) in [6.45, 7) is 0. The number of anilines is 3. The van der Waals surface area contributed by atoms with Crippen molar-refractivity contribution in [2.75, 3.05) is 4.90 Å². The summed E-state index contributed by atoms with van der Waals surface area (Å²) in [5.41, 5.74) is 17.8. The van der Waals surface area contributed by atoms with Crippen molar-refractivity contribution in [2.24, 2.45) is 0 Å². The summed E-state index contributed by atoms with van der Waals surface area (Å²) in [6.07, 6.45) is 0. The smallest absolute Gasteiger partial charge is 0.159 e. The van der Waals surface area contributed by atoms with E-state index in [4.69, 9.17) is 4.42 Å².